The summed E-state index contributed by atoms with van der Waals surface area (Å²) in [5.74, 6) is 0.357. The molecule has 3 heterocycles. The molecule has 3 aromatic rings. The van der Waals surface area contributed by atoms with Crippen molar-refractivity contribution in [1.29, 1.82) is 5.26 Å². The molecule has 33 heavy (non-hydrogen) atoms. The number of piperazine rings is 1. The Bertz CT molecular complexity index is 1200. The number of rotatable bonds is 5. The van der Waals surface area contributed by atoms with Gasteiger partial charge in [0.2, 0.25) is 5.95 Å². The number of nitrogen functional groups attached to an aromatic ring is 1. The molecule has 0 unspecified atom stereocenters. The number of amides is 2. The second kappa shape index (κ2) is 9.99. The summed E-state index contributed by atoms with van der Waals surface area (Å²) in [6.07, 6.45) is 1.60. The number of nitrogens with zero attached hydrogens (tertiary/aromatic N) is 6. The summed E-state index contributed by atoms with van der Waals surface area (Å²) in [6.45, 7) is 3.63. The Morgan fingerprint density at radius 3 is 2.79 bits per heavy atom. The number of thiazole rings is 1. The number of carbonyl (C=O) groups is 1. The monoisotopic (exact) mass is 483 g/mol. The maximum absolute atomic E-state index is 11.8. The molecule has 0 bridgehead atoms. The lowest BCUT2D eigenvalue weighted by Gasteiger charge is -2.34. The molecule has 0 atom stereocenters. The second-order valence-electron chi connectivity index (χ2n) is 7.40. The van der Waals surface area contributed by atoms with Gasteiger partial charge in [-0.3, -0.25) is 4.90 Å². The first-order valence-electron chi connectivity index (χ1n) is 10.2. The zero-order chi connectivity index (χ0) is 23.4. The van der Waals surface area contributed by atoms with E-state index in [2.05, 4.69) is 36.6 Å². The van der Waals surface area contributed by atoms with Gasteiger partial charge in [-0.05, 0) is 29.8 Å². The summed E-state index contributed by atoms with van der Waals surface area (Å²) in [5.41, 5.74) is 8.48. The van der Waals surface area contributed by atoms with Gasteiger partial charge in [0.25, 0.3) is 0 Å². The van der Waals surface area contributed by atoms with E-state index in [4.69, 9.17) is 17.3 Å². The van der Waals surface area contributed by atoms with E-state index in [0.29, 0.717) is 52.0 Å². The average molecular weight is 484 g/mol. The molecule has 1 aliphatic heterocycles. The fourth-order valence-electron chi connectivity index (χ4n) is 3.61. The number of halogens is 1. The van der Waals surface area contributed by atoms with Crippen LogP contribution >= 0.6 is 22.9 Å². The van der Waals surface area contributed by atoms with Crippen LogP contribution in [0.2, 0.25) is 5.02 Å². The van der Waals surface area contributed by atoms with E-state index in [0.717, 1.165) is 35.7 Å². The molecule has 12 heteroatoms. The van der Waals surface area contributed by atoms with Crippen molar-refractivity contribution in [1.82, 2.24) is 30.1 Å². The van der Waals surface area contributed by atoms with E-state index >= 15 is 0 Å². The number of hydrogen-bond acceptors (Lipinski definition) is 9. The molecule has 170 valence electrons. The molecule has 10 nitrogen and oxygen atoms in total. The third-order valence-electron chi connectivity index (χ3n) is 5.14. The number of benzene rings is 1. The van der Waals surface area contributed by atoms with Crippen LogP contribution in [0.15, 0.2) is 30.5 Å². The summed E-state index contributed by atoms with van der Waals surface area (Å²) < 4.78 is 0. The lowest BCUT2D eigenvalue weighted by atomic mass is 10.1. The molecule has 0 aliphatic carbocycles. The van der Waals surface area contributed by atoms with Crippen LogP contribution in [-0.2, 0) is 6.54 Å². The molecule has 0 radical (unpaired) electrons. The second-order valence-corrected chi connectivity index (χ2v) is 8.87. The SMILES string of the molecule is CNC(=O)N1CCN(Cc2cc(Cl)cc(Nc3nccc(-c4nc(N)sc4C#N)n3)c2)CC1. The number of nitrogens with two attached hydrogens (primary N) is 1. The first-order chi connectivity index (χ1) is 15.9. The third kappa shape index (κ3) is 5.48. The van der Waals surface area contributed by atoms with Crippen molar-refractivity contribution in [3.05, 3.63) is 45.9 Å². The Morgan fingerprint density at radius 1 is 1.27 bits per heavy atom. The minimum absolute atomic E-state index is 0.0478. The summed E-state index contributed by atoms with van der Waals surface area (Å²) in [6, 6.07) is 9.45. The van der Waals surface area contributed by atoms with Crippen molar-refractivity contribution in [3.8, 4) is 17.5 Å². The van der Waals surface area contributed by atoms with Crippen LogP contribution in [0.4, 0.5) is 21.6 Å². The van der Waals surface area contributed by atoms with Gasteiger partial charge in [-0.15, -0.1) is 0 Å². The molecule has 1 aromatic carbocycles. The highest BCUT2D eigenvalue weighted by Crippen LogP contribution is 2.29. The number of anilines is 3. The topological polar surface area (TPSA) is 136 Å². The molecule has 1 aliphatic rings. The summed E-state index contributed by atoms with van der Waals surface area (Å²) in [5, 5.41) is 16.1. The third-order valence-corrected chi connectivity index (χ3v) is 6.14. The molecule has 2 aromatic heterocycles. The lowest BCUT2D eigenvalue weighted by Crippen LogP contribution is -2.50. The predicted octanol–water partition coefficient (Wildman–Crippen LogP) is 2.91. The van der Waals surface area contributed by atoms with Crippen molar-refractivity contribution in [2.24, 2.45) is 0 Å². The Labute approximate surface area is 200 Å². The van der Waals surface area contributed by atoms with Gasteiger partial charge in [-0.1, -0.05) is 22.9 Å². The van der Waals surface area contributed by atoms with E-state index in [1.54, 1.807) is 30.3 Å². The van der Waals surface area contributed by atoms with Crippen molar-refractivity contribution < 1.29 is 4.79 Å². The largest absolute Gasteiger partial charge is 0.375 e. The van der Waals surface area contributed by atoms with Gasteiger partial charge < -0.3 is 21.3 Å². The van der Waals surface area contributed by atoms with Crippen LogP contribution in [0.25, 0.3) is 11.4 Å². The molecule has 0 spiro atoms. The van der Waals surface area contributed by atoms with Crippen LogP contribution < -0.4 is 16.4 Å². The van der Waals surface area contributed by atoms with Crippen molar-refractivity contribution in [2.75, 3.05) is 44.3 Å². The van der Waals surface area contributed by atoms with Crippen LogP contribution in [0.5, 0.6) is 0 Å². The van der Waals surface area contributed by atoms with Crippen LogP contribution in [0.3, 0.4) is 0 Å². The van der Waals surface area contributed by atoms with Crippen molar-refractivity contribution in [3.63, 3.8) is 0 Å². The molecule has 4 N–H and O–H groups in total. The normalized spacial score (nSPS) is 14.0. The van der Waals surface area contributed by atoms with Gasteiger partial charge in [0.15, 0.2) is 5.13 Å². The predicted molar refractivity (Wildman–Crippen MR) is 128 cm³/mol. The molecule has 4 rings (SSSR count). The first-order valence-corrected chi connectivity index (χ1v) is 11.4. The molecule has 1 saturated heterocycles. The van der Waals surface area contributed by atoms with E-state index in [9.17, 15) is 10.1 Å². The Hall–Kier alpha value is -3.46. The molecule has 2 amide bonds. The van der Waals surface area contributed by atoms with E-state index < -0.39 is 0 Å². The van der Waals surface area contributed by atoms with Gasteiger partial charge >= 0.3 is 6.03 Å². The van der Waals surface area contributed by atoms with E-state index in [1.165, 1.54) is 0 Å². The van der Waals surface area contributed by atoms with Crippen molar-refractivity contribution >= 4 is 45.7 Å². The van der Waals surface area contributed by atoms with Crippen LogP contribution in [0, 0.1) is 11.3 Å². The van der Waals surface area contributed by atoms with Crippen LogP contribution in [0.1, 0.15) is 10.4 Å². The number of hydrogen-bond donors (Lipinski definition) is 3. The summed E-state index contributed by atoms with van der Waals surface area (Å²) >= 11 is 7.49. The fourth-order valence-corrected chi connectivity index (χ4v) is 4.50. The van der Waals surface area contributed by atoms with Gasteiger partial charge in [-0.25, -0.2) is 19.7 Å². The maximum atomic E-state index is 11.8. The summed E-state index contributed by atoms with van der Waals surface area (Å²) in [7, 11) is 1.64. The fraction of sp³-hybridized carbons (Fsp3) is 0.286. The van der Waals surface area contributed by atoms with E-state index in [-0.39, 0.29) is 6.03 Å². The van der Waals surface area contributed by atoms with Crippen LogP contribution in [-0.4, -0.2) is 64.0 Å². The minimum Gasteiger partial charge on any atom is -0.375 e. The number of nitriles is 1. The molecule has 1 fully saturated rings. The molecule has 0 saturated carbocycles. The quantitative estimate of drug-likeness (QED) is 0.504. The average Bonchev–Trinajstić information content (AvgIpc) is 3.19. The zero-order valence-electron chi connectivity index (χ0n) is 17.9. The van der Waals surface area contributed by atoms with Gasteiger partial charge in [-0.2, -0.15) is 5.26 Å². The highest BCUT2D eigenvalue weighted by Gasteiger charge is 2.20. The van der Waals surface area contributed by atoms with Gasteiger partial charge in [0.1, 0.15) is 16.6 Å². The highest BCUT2D eigenvalue weighted by molar-refractivity contribution is 7.16. The van der Waals surface area contributed by atoms with Gasteiger partial charge in [0, 0.05) is 56.7 Å². The Morgan fingerprint density at radius 2 is 2.06 bits per heavy atom. The Kier molecular flexibility index (Phi) is 6.88. The number of aromatic nitrogens is 3. The number of urea groups is 1. The maximum Gasteiger partial charge on any atom is 0.317 e. The zero-order valence-corrected chi connectivity index (χ0v) is 19.4. The minimum atomic E-state index is -0.0478. The summed E-state index contributed by atoms with van der Waals surface area (Å²) in [4.78, 5) is 29.2. The standard InChI is InChI=1S/C21H22ClN9OS/c1-25-21(32)31-6-4-30(5-7-31)12-13-8-14(22)10-15(9-13)27-20-26-3-2-16(28-20)18-17(11-23)33-19(24)29-18/h2-3,8-10H,4-7,12H2,1H3,(H2,24,29)(H,25,32)(H,26,27,28). The first kappa shape index (κ1) is 22.7. The van der Waals surface area contributed by atoms with Gasteiger partial charge in [0.05, 0.1) is 5.69 Å². The van der Waals surface area contributed by atoms with E-state index in [1.807, 2.05) is 12.1 Å². The molecular weight excluding hydrogens is 462 g/mol. The number of carbonyl (C=O) groups excluding carboxylic acids is 1. The number of nitrogens with one attached hydrogen (secondary N) is 2. The molecular formula is C21H22ClN9OS. The lowest BCUT2D eigenvalue weighted by molar-refractivity contribution is 0.136. The van der Waals surface area contributed by atoms with Crippen molar-refractivity contribution in [2.45, 2.75) is 6.54 Å². The Balaban J connectivity index is 1.47. The highest BCUT2D eigenvalue weighted by atomic mass is 35.5. The smallest absolute Gasteiger partial charge is 0.317 e.